The lowest BCUT2D eigenvalue weighted by Crippen LogP contribution is -2.24. The molecule has 0 aliphatic heterocycles. The molecule has 0 aromatic carbocycles. The third-order valence-corrected chi connectivity index (χ3v) is 2.82. The molecule has 1 N–H and O–H groups in total. The summed E-state index contributed by atoms with van der Waals surface area (Å²) in [6, 6.07) is 4.02. The van der Waals surface area contributed by atoms with Gasteiger partial charge >= 0.3 is 0 Å². The molecule has 2 atom stereocenters. The van der Waals surface area contributed by atoms with Crippen LogP contribution in [0.1, 0.15) is 38.6 Å². The molecule has 16 heavy (non-hydrogen) atoms. The minimum absolute atomic E-state index is 0.304. The van der Waals surface area contributed by atoms with Gasteiger partial charge in [-0.1, -0.05) is 20.3 Å². The van der Waals surface area contributed by atoms with Crippen molar-refractivity contribution in [1.82, 2.24) is 9.97 Å². The maximum Gasteiger partial charge on any atom is 0.224 e. The average molecular weight is 218 g/mol. The Morgan fingerprint density at radius 1 is 1.44 bits per heavy atom. The van der Waals surface area contributed by atoms with Gasteiger partial charge in [-0.05, 0) is 25.8 Å². The maximum absolute atomic E-state index is 8.81. The van der Waals surface area contributed by atoms with Crippen molar-refractivity contribution in [3.05, 3.63) is 17.5 Å². The van der Waals surface area contributed by atoms with Gasteiger partial charge in [-0.25, -0.2) is 9.97 Å². The van der Waals surface area contributed by atoms with Crippen molar-refractivity contribution < 1.29 is 0 Å². The van der Waals surface area contributed by atoms with E-state index in [1.54, 1.807) is 6.07 Å². The fraction of sp³-hybridized carbons (Fsp3) is 0.583. The molecule has 1 aromatic heterocycles. The van der Waals surface area contributed by atoms with Crippen LogP contribution in [-0.2, 0) is 0 Å². The summed E-state index contributed by atoms with van der Waals surface area (Å²) in [4.78, 5) is 8.39. The molecular weight excluding hydrogens is 200 g/mol. The summed E-state index contributed by atoms with van der Waals surface area (Å²) in [6.45, 7) is 8.30. The smallest absolute Gasteiger partial charge is 0.224 e. The van der Waals surface area contributed by atoms with Crippen LogP contribution in [0.2, 0.25) is 0 Å². The molecule has 0 aliphatic carbocycles. The summed E-state index contributed by atoms with van der Waals surface area (Å²) in [6.07, 6.45) is 1.10. The highest BCUT2D eigenvalue weighted by atomic mass is 15.1. The molecule has 1 heterocycles. The standard InChI is InChI=1S/C12H18N4/c1-5-8(2)10(4)15-12-14-9(3)6-11(7-13)16-12/h6,8,10H,5H2,1-4H3,(H,14,15,16). The van der Waals surface area contributed by atoms with Crippen molar-refractivity contribution >= 4 is 5.95 Å². The molecule has 4 nitrogen and oxygen atoms in total. The first-order chi connectivity index (χ1) is 7.56. The molecule has 1 aromatic rings. The number of hydrogen-bond acceptors (Lipinski definition) is 4. The van der Waals surface area contributed by atoms with Gasteiger partial charge in [0, 0.05) is 11.7 Å². The van der Waals surface area contributed by atoms with Crippen LogP contribution < -0.4 is 5.32 Å². The number of aromatic nitrogens is 2. The van der Waals surface area contributed by atoms with Gasteiger partial charge in [-0.15, -0.1) is 0 Å². The van der Waals surface area contributed by atoms with Crippen LogP contribution in [0, 0.1) is 24.2 Å². The van der Waals surface area contributed by atoms with Gasteiger partial charge in [-0.2, -0.15) is 5.26 Å². The van der Waals surface area contributed by atoms with Crippen LogP contribution in [0.3, 0.4) is 0 Å². The fourth-order valence-corrected chi connectivity index (χ4v) is 1.39. The van der Waals surface area contributed by atoms with E-state index in [1.807, 2.05) is 13.0 Å². The Hall–Kier alpha value is -1.63. The number of nitrogens with one attached hydrogen (secondary N) is 1. The van der Waals surface area contributed by atoms with E-state index in [1.165, 1.54) is 0 Å². The van der Waals surface area contributed by atoms with Gasteiger partial charge in [0.2, 0.25) is 5.95 Å². The Balaban J connectivity index is 2.81. The summed E-state index contributed by atoms with van der Waals surface area (Å²) in [5, 5.41) is 12.0. The number of nitrogens with zero attached hydrogens (tertiary/aromatic N) is 3. The summed E-state index contributed by atoms with van der Waals surface area (Å²) in [5.74, 6) is 1.10. The molecule has 86 valence electrons. The van der Waals surface area contributed by atoms with E-state index in [2.05, 4.69) is 36.1 Å². The Labute approximate surface area is 96.7 Å². The highest BCUT2D eigenvalue weighted by Gasteiger charge is 2.11. The second-order valence-corrected chi connectivity index (χ2v) is 4.15. The molecule has 0 amide bonds. The highest BCUT2D eigenvalue weighted by molar-refractivity contribution is 5.33. The van der Waals surface area contributed by atoms with Crippen molar-refractivity contribution in [2.24, 2.45) is 5.92 Å². The maximum atomic E-state index is 8.81. The summed E-state index contributed by atoms with van der Waals surface area (Å²) < 4.78 is 0. The quantitative estimate of drug-likeness (QED) is 0.843. The Kier molecular flexibility index (Phi) is 4.24. The number of hydrogen-bond donors (Lipinski definition) is 1. The van der Waals surface area contributed by atoms with Crippen LogP contribution in [-0.4, -0.2) is 16.0 Å². The van der Waals surface area contributed by atoms with Gasteiger partial charge in [0.1, 0.15) is 11.8 Å². The topological polar surface area (TPSA) is 61.6 Å². The van der Waals surface area contributed by atoms with Gasteiger partial charge in [0.15, 0.2) is 0 Å². The van der Waals surface area contributed by atoms with Crippen molar-refractivity contribution in [3.63, 3.8) is 0 Å². The number of anilines is 1. The first-order valence-electron chi connectivity index (χ1n) is 5.59. The zero-order valence-corrected chi connectivity index (χ0v) is 10.3. The van der Waals surface area contributed by atoms with Crippen molar-refractivity contribution in [2.45, 2.75) is 40.2 Å². The number of rotatable bonds is 4. The molecular formula is C12H18N4. The molecule has 2 unspecified atom stereocenters. The van der Waals surface area contributed by atoms with Crippen molar-refractivity contribution in [3.8, 4) is 6.07 Å². The molecule has 4 heteroatoms. The average Bonchev–Trinajstić information content (AvgIpc) is 2.26. The lowest BCUT2D eigenvalue weighted by atomic mass is 10.0. The molecule has 0 aliphatic rings. The molecule has 0 bridgehead atoms. The van der Waals surface area contributed by atoms with Crippen LogP contribution in [0.25, 0.3) is 0 Å². The third kappa shape index (κ3) is 3.20. The van der Waals surface area contributed by atoms with E-state index in [9.17, 15) is 0 Å². The lowest BCUT2D eigenvalue weighted by molar-refractivity contribution is 0.492. The fourth-order valence-electron chi connectivity index (χ4n) is 1.39. The largest absolute Gasteiger partial charge is 0.351 e. The second kappa shape index (κ2) is 5.45. The molecule has 0 saturated carbocycles. The van der Waals surface area contributed by atoms with E-state index < -0.39 is 0 Å². The lowest BCUT2D eigenvalue weighted by Gasteiger charge is -2.19. The molecule has 0 spiro atoms. The molecule has 0 saturated heterocycles. The van der Waals surface area contributed by atoms with Gasteiger partial charge in [0.25, 0.3) is 0 Å². The summed E-state index contributed by atoms with van der Waals surface area (Å²) >= 11 is 0. The third-order valence-electron chi connectivity index (χ3n) is 2.82. The zero-order chi connectivity index (χ0) is 12.1. The molecule has 0 radical (unpaired) electrons. The Bertz CT molecular complexity index is 394. The second-order valence-electron chi connectivity index (χ2n) is 4.15. The Morgan fingerprint density at radius 2 is 2.12 bits per heavy atom. The normalized spacial score (nSPS) is 13.9. The van der Waals surface area contributed by atoms with E-state index in [0.717, 1.165) is 12.1 Å². The first kappa shape index (κ1) is 12.4. The van der Waals surface area contributed by atoms with E-state index in [0.29, 0.717) is 23.6 Å². The zero-order valence-electron chi connectivity index (χ0n) is 10.3. The SMILES string of the molecule is CCC(C)C(C)Nc1nc(C)cc(C#N)n1. The first-order valence-corrected chi connectivity index (χ1v) is 5.59. The number of nitriles is 1. The van der Waals surface area contributed by atoms with Gasteiger partial charge in [-0.3, -0.25) is 0 Å². The monoisotopic (exact) mass is 218 g/mol. The van der Waals surface area contributed by atoms with Gasteiger partial charge < -0.3 is 5.32 Å². The molecule has 1 rings (SSSR count). The minimum atomic E-state index is 0.304. The van der Waals surface area contributed by atoms with Crippen LogP contribution in [0.5, 0.6) is 0 Å². The predicted octanol–water partition coefficient (Wildman–Crippen LogP) is 2.50. The van der Waals surface area contributed by atoms with Gasteiger partial charge in [0.05, 0.1) is 0 Å². The number of aryl methyl sites for hydroxylation is 1. The van der Waals surface area contributed by atoms with E-state index >= 15 is 0 Å². The minimum Gasteiger partial charge on any atom is -0.351 e. The van der Waals surface area contributed by atoms with Crippen molar-refractivity contribution in [1.29, 1.82) is 5.26 Å². The Morgan fingerprint density at radius 3 is 2.69 bits per heavy atom. The van der Waals surface area contributed by atoms with Crippen LogP contribution >= 0.6 is 0 Å². The van der Waals surface area contributed by atoms with Crippen LogP contribution in [0.15, 0.2) is 6.07 Å². The summed E-state index contributed by atoms with van der Waals surface area (Å²) in [5.41, 5.74) is 1.22. The van der Waals surface area contributed by atoms with Crippen molar-refractivity contribution in [2.75, 3.05) is 5.32 Å². The summed E-state index contributed by atoms with van der Waals surface area (Å²) in [7, 11) is 0. The van der Waals surface area contributed by atoms with E-state index in [4.69, 9.17) is 5.26 Å². The molecule has 0 fully saturated rings. The highest BCUT2D eigenvalue weighted by Crippen LogP contribution is 2.12. The van der Waals surface area contributed by atoms with E-state index in [-0.39, 0.29) is 0 Å². The predicted molar refractivity (Wildman–Crippen MR) is 64.0 cm³/mol. The van der Waals surface area contributed by atoms with Crippen LogP contribution in [0.4, 0.5) is 5.95 Å².